The van der Waals surface area contributed by atoms with E-state index in [2.05, 4.69) is 0 Å². The Hall–Kier alpha value is -0.800. The van der Waals surface area contributed by atoms with E-state index in [4.69, 9.17) is 0 Å². The molecule has 0 aromatic rings. The maximum atomic E-state index is 11.6. The van der Waals surface area contributed by atoms with Gasteiger partial charge >= 0.3 is 6.18 Å². The van der Waals surface area contributed by atoms with Gasteiger partial charge in [0.1, 0.15) is 6.29 Å². The van der Waals surface area contributed by atoms with Crippen LogP contribution >= 0.6 is 0 Å². The molecule has 0 aromatic heterocycles. The number of carbonyl (C=O) groups excluding carboxylic acids is 1. The number of hydrogen-bond donors (Lipinski definition) is 0. The van der Waals surface area contributed by atoms with Gasteiger partial charge in [-0.1, -0.05) is 5.57 Å². The molecule has 0 N–H and O–H groups in total. The van der Waals surface area contributed by atoms with E-state index in [0.29, 0.717) is 18.3 Å². The molecule has 0 fully saturated rings. The largest absolute Gasteiger partial charge is 0.389 e. The highest BCUT2D eigenvalue weighted by Gasteiger charge is 2.25. The lowest BCUT2D eigenvalue weighted by Gasteiger charge is -2.04. The van der Waals surface area contributed by atoms with Gasteiger partial charge in [0.2, 0.25) is 0 Å². The molecule has 0 rings (SSSR count). The number of allylic oxidation sites excluding steroid dienone is 2. The van der Waals surface area contributed by atoms with Gasteiger partial charge in [-0.25, -0.2) is 0 Å². The van der Waals surface area contributed by atoms with Crippen LogP contribution < -0.4 is 0 Å². The van der Waals surface area contributed by atoms with Crippen LogP contribution in [0.15, 0.2) is 11.6 Å². The number of halogens is 3. The second-order valence-electron chi connectivity index (χ2n) is 2.62. The summed E-state index contributed by atoms with van der Waals surface area (Å²) in [6, 6.07) is 0. The Labute approximate surface area is 69.3 Å². The Morgan fingerprint density at radius 2 is 2.00 bits per heavy atom. The zero-order chi connectivity index (χ0) is 9.61. The summed E-state index contributed by atoms with van der Waals surface area (Å²) in [4.78, 5) is 9.88. The van der Waals surface area contributed by atoms with E-state index in [1.165, 1.54) is 6.08 Å². The van der Waals surface area contributed by atoms with Crippen molar-refractivity contribution in [1.29, 1.82) is 0 Å². The summed E-state index contributed by atoms with van der Waals surface area (Å²) >= 11 is 0. The summed E-state index contributed by atoms with van der Waals surface area (Å²) in [6.07, 6.45) is -2.60. The molecule has 0 radical (unpaired) electrons. The minimum absolute atomic E-state index is 0.0552. The summed E-state index contributed by atoms with van der Waals surface area (Å²) in [5.41, 5.74) is 0.689. The molecule has 0 aliphatic heterocycles. The van der Waals surface area contributed by atoms with E-state index in [9.17, 15) is 18.0 Å². The van der Waals surface area contributed by atoms with Crippen molar-refractivity contribution in [3.63, 3.8) is 0 Å². The van der Waals surface area contributed by atoms with Crippen LogP contribution in [0.2, 0.25) is 0 Å². The Bertz CT molecular complexity index is 170. The second-order valence-corrected chi connectivity index (χ2v) is 2.62. The number of alkyl halides is 3. The summed E-state index contributed by atoms with van der Waals surface area (Å²) < 4.78 is 34.8. The van der Waals surface area contributed by atoms with Crippen molar-refractivity contribution in [2.24, 2.45) is 0 Å². The van der Waals surface area contributed by atoms with Gasteiger partial charge in [0, 0.05) is 6.42 Å². The van der Waals surface area contributed by atoms with E-state index in [0.717, 1.165) is 0 Å². The molecule has 70 valence electrons. The molecule has 0 saturated carbocycles. The molecule has 0 heterocycles. The zero-order valence-electron chi connectivity index (χ0n) is 6.82. The van der Waals surface area contributed by atoms with E-state index in [1.807, 2.05) is 0 Å². The average molecular weight is 180 g/mol. The van der Waals surface area contributed by atoms with E-state index in [1.54, 1.807) is 6.92 Å². The van der Waals surface area contributed by atoms with E-state index in [-0.39, 0.29) is 6.42 Å². The van der Waals surface area contributed by atoms with E-state index >= 15 is 0 Å². The third-order valence-corrected chi connectivity index (χ3v) is 1.38. The number of rotatable bonds is 4. The molecule has 0 atom stereocenters. The predicted molar refractivity (Wildman–Crippen MR) is 39.7 cm³/mol. The summed E-state index contributed by atoms with van der Waals surface area (Å²) in [7, 11) is 0. The Balaban J connectivity index is 3.57. The van der Waals surface area contributed by atoms with Crippen molar-refractivity contribution in [3.05, 3.63) is 11.6 Å². The molecule has 0 saturated heterocycles. The predicted octanol–water partition coefficient (Wildman–Crippen LogP) is 2.86. The van der Waals surface area contributed by atoms with Crippen molar-refractivity contribution < 1.29 is 18.0 Å². The van der Waals surface area contributed by atoms with Gasteiger partial charge in [-0.3, -0.25) is 4.79 Å². The van der Waals surface area contributed by atoms with Crippen LogP contribution in [0.25, 0.3) is 0 Å². The van der Waals surface area contributed by atoms with Gasteiger partial charge in [0.15, 0.2) is 0 Å². The normalized spacial score (nSPS) is 13.2. The lowest BCUT2D eigenvalue weighted by molar-refractivity contribution is -0.135. The first kappa shape index (κ1) is 11.2. The fourth-order valence-corrected chi connectivity index (χ4v) is 0.767. The first-order valence-electron chi connectivity index (χ1n) is 3.63. The quantitative estimate of drug-likeness (QED) is 0.480. The van der Waals surface area contributed by atoms with Crippen LogP contribution in [0.3, 0.4) is 0 Å². The summed E-state index contributed by atoms with van der Waals surface area (Å²) in [5, 5.41) is 0. The fourth-order valence-electron chi connectivity index (χ4n) is 0.767. The minimum atomic E-state index is -4.08. The van der Waals surface area contributed by atoms with Crippen molar-refractivity contribution in [1.82, 2.24) is 0 Å². The SMILES string of the molecule is C/C(=C\C=O)CCCC(F)(F)F. The smallest absolute Gasteiger partial charge is 0.299 e. The first-order chi connectivity index (χ1) is 5.45. The molecule has 0 amide bonds. The molecular weight excluding hydrogens is 169 g/mol. The summed E-state index contributed by atoms with van der Waals surface area (Å²) in [6.45, 7) is 1.64. The standard InChI is InChI=1S/C8H11F3O/c1-7(4-6-12)3-2-5-8(9,10)11/h4,6H,2-3,5H2,1H3/b7-4+. The minimum Gasteiger partial charge on any atom is -0.299 e. The van der Waals surface area contributed by atoms with Crippen LogP contribution in [0.5, 0.6) is 0 Å². The molecule has 12 heavy (non-hydrogen) atoms. The Morgan fingerprint density at radius 3 is 2.42 bits per heavy atom. The van der Waals surface area contributed by atoms with Crippen molar-refractivity contribution in [2.45, 2.75) is 32.4 Å². The van der Waals surface area contributed by atoms with Crippen LogP contribution in [0, 0.1) is 0 Å². The fraction of sp³-hybridized carbons (Fsp3) is 0.625. The number of hydrogen-bond acceptors (Lipinski definition) is 1. The Morgan fingerprint density at radius 1 is 1.42 bits per heavy atom. The second kappa shape index (κ2) is 4.95. The highest BCUT2D eigenvalue weighted by Crippen LogP contribution is 2.23. The molecule has 1 nitrogen and oxygen atoms in total. The lowest BCUT2D eigenvalue weighted by atomic mass is 10.1. The van der Waals surface area contributed by atoms with Crippen LogP contribution in [0.4, 0.5) is 13.2 Å². The maximum Gasteiger partial charge on any atom is 0.389 e. The van der Waals surface area contributed by atoms with Gasteiger partial charge in [-0.15, -0.1) is 0 Å². The van der Waals surface area contributed by atoms with Crippen LogP contribution in [-0.4, -0.2) is 12.5 Å². The zero-order valence-corrected chi connectivity index (χ0v) is 6.82. The molecule has 0 spiro atoms. The van der Waals surface area contributed by atoms with Gasteiger partial charge in [0.25, 0.3) is 0 Å². The molecular formula is C8H11F3O. The van der Waals surface area contributed by atoms with Gasteiger partial charge in [0.05, 0.1) is 0 Å². The van der Waals surface area contributed by atoms with Crippen LogP contribution in [0.1, 0.15) is 26.2 Å². The molecule has 4 heteroatoms. The molecule has 0 aromatic carbocycles. The first-order valence-corrected chi connectivity index (χ1v) is 3.63. The third-order valence-electron chi connectivity index (χ3n) is 1.38. The van der Waals surface area contributed by atoms with Crippen molar-refractivity contribution in [3.8, 4) is 0 Å². The molecule has 0 bridgehead atoms. The van der Waals surface area contributed by atoms with Gasteiger partial charge in [-0.2, -0.15) is 13.2 Å². The monoisotopic (exact) mass is 180 g/mol. The number of carbonyl (C=O) groups is 1. The average Bonchev–Trinajstić information content (AvgIpc) is 1.84. The topological polar surface area (TPSA) is 17.1 Å². The Kier molecular flexibility index (Phi) is 4.62. The lowest BCUT2D eigenvalue weighted by Crippen LogP contribution is -2.06. The maximum absolute atomic E-state index is 11.6. The van der Waals surface area contributed by atoms with E-state index < -0.39 is 12.6 Å². The molecule has 0 aliphatic carbocycles. The highest BCUT2D eigenvalue weighted by molar-refractivity contribution is 5.65. The van der Waals surface area contributed by atoms with Crippen molar-refractivity contribution in [2.75, 3.05) is 0 Å². The summed E-state index contributed by atoms with van der Waals surface area (Å²) in [5.74, 6) is 0. The van der Waals surface area contributed by atoms with Crippen LogP contribution in [-0.2, 0) is 4.79 Å². The number of aldehydes is 1. The molecule has 0 unspecified atom stereocenters. The highest BCUT2D eigenvalue weighted by atomic mass is 19.4. The van der Waals surface area contributed by atoms with Crippen molar-refractivity contribution >= 4 is 6.29 Å². The van der Waals surface area contributed by atoms with Gasteiger partial charge in [-0.05, 0) is 25.8 Å². The van der Waals surface area contributed by atoms with Gasteiger partial charge < -0.3 is 0 Å². The molecule has 0 aliphatic rings. The third kappa shape index (κ3) is 7.31.